The van der Waals surface area contributed by atoms with Gasteiger partial charge in [0, 0.05) is 18.5 Å². The highest BCUT2D eigenvalue weighted by molar-refractivity contribution is 7.92. The van der Waals surface area contributed by atoms with Crippen LogP contribution in [0.4, 0.5) is 11.4 Å². The minimum absolute atomic E-state index is 0.0238. The van der Waals surface area contributed by atoms with Crippen LogP contribution in [0, 0.1) is 0 Å². The molecule has 0 radical (unpaired) electrons. The summed E-state index contributed by atoms with van der Waals surface area (Å²) >= 11 is 0. The van der Waals surface area contributed by atoms with Gasteiger partial charge in [0.15, 0.2) is 0 Å². The molecule has 1 aromatic heterocycles. The molecule has 0 saturated carbocycles. The Morgan fingerprint density at radius 1 is 1.03 bits per heavy atom. The number of hydrogen-bond donors (Lipinski definition) is 3. The fraction of sp³-hybridized carbons (Fsp3) is 0.0500. The van der Waals surface area contributed by atoms with E-state index in [9.17, 15) is 18.0 Å². The maximum atomic E-state index is 12.6. The number of nitrogens with one attached hydrogen (secondary N) is 2. The second kappa shape index (κ2) is 8.62. The van der Waals surface area contributed by atoms with Gasteiger partial charge in [-0.1, -0.05) is 0 Å². The average molecular weight is 427 g/mol. The number of pyridine rings is 1. The molecule has 0 spiro atoms. The Bertz CT molecular complexity index is 1180. The standard InChI is InChI=1S/C20H17N3O6S/c1-29-18-11-15(6-9-17(18)22-19(24)14-3-2-10-21-12-14)23-30(27,28)16-7-4-13(5-8-16)20(25)26/h2-12,23H,1H3,(H,22,24)(H,25,26). The highest BCUT2D eigenvalue weighted by Gasteiger charge is 2.17. The number of nitrogens with zero attached hydrogens (tertiary/aromatic N) is 1. The first-order valence-corrected chi connectivity index (χ1v) is 10.0. The molecule has 0 atom stereocenters. The second-order valence-corrected chi connectivity index (χ2v) is 7.73. The molecule has 3 N–H and O–H groups in total. The van der Waals surface area contributed by atoms with Crippen LogP contribution in [0.25, 0.3) is 0 Å². The van der Waals surface area contributed by atoms with Gasteiger partial charge in [-0.25, -0.2) is 13.2 Å². The fourth-order valence-electron chi connectivity index (χ4n) is 2.54. The molecule has 0 bridgehead atoms. The first kappa shape index (κ1) is 20.8. The summed E-state index contributed by atoms with van der Waals surface area (Å²) in [7, 11) is -2.57. The van der Waals surface area contributed by atoms with Crippen LogP contribution in [-0.4, -0.2) is 37.5 Å². The topological polar surface area (TPSA) is 135 Å². The van der Waals surface area contributed by atoms with Gasteiger partial charge in [0.05, 0.1) is 34.5 Å². The highest BCUT2D eigenvalue weighted by atomic mass is 32.2. The number of ether oxygens (including phenoxy) is 1. The summed E-state index contributed by atoms with van der Waals surface area (Å²) in [5.41, 5.74) is 0.882. The molecule has 0 fully saturated rings. The van der Waals surface area contributed by atoms with Crippen LogP contribution in [0.5, 0.6) is 5.75 Å². The lowest BCUT2D eigenvalue weighted by atomic mass is 10.2. The molecule has 30 heavy (non-hydrogen) atoms. The number of methoxy groups -OCH3 is 1. The lowest BCUT2D eigenvalue weighted by Crippen LogP contribution is -2.15. The predicted octanol–water partition coefficient (Wildman–Crippen LogP) is 2.84. The summed E-state index contributed by atoms with van der Waals surface area (Å²) in [6.07, 6.45) is 2.97. The predicted molar refractivity (Wildman–Crippen MR) is 109 cm³/mol. The number of sulfonamides is 1. The van der Waals surface area contributed by atoms with Gasteiger partial charge in [-0.3, -0.25) is 14.5 Å². The SMILES string of the molecule is COc1cc(NS(=O)(=O)c2ccc(C(=O)O)cc2)ccc1NC(=O)c1cccnc1. The smallest absolute Gasteiger partial charge is 0.335 e. The quantitative estimate of drug-likeness (QED) is 0.528. The summed E-state index contributed by atoms with van der Waals surface area (Å²) in [6.45, 7) is 0. The van der Waals surface area contributed by atoms with Gasteiger partial charge in [0.2, 0.25) is 0 Å². The van der Waals surface area contributed by atoms with E-state index in [4.69, 9.17) is 9.84 Å². The van der Waals surface area contributed by atoms with Crippen LogP contribution in [0.15, 0.2) is 71.9 Å². The lowest BCUT2D eigenvalue weighted by Gasteiger charge is -2.13. The van der Waals surface area contributed by atoms with Crippen LogP contribution in [0.1, 0.15) is 20.7 Å². The molecule has 9 nitrogen and oxygen atoms in total. The van der Waals surface area contributed by atoms with Gasteiger partial charge in [0.25, 0.3) is 15.9 Å². The van der Waals surface area contributed by atoms with Gasteiger partial charge < -0.3 is 15.2 Å². The maximum absolute atomic E-state index is 12.6. The zero-order valence-corrected chi connectivity index (χ0v) is 16.5. The van der Waals surface area contributed by atoms with Crippen molar-refractivity contribution in [1.29, 1.82) is 0 Å². The normalized spacial score (nSPS) is 10.8. The molecule has 0 aliphatic rings. The van der Waals surface area contributed by atoms with Crippen molar-refractivity contribution in [3.05, 3.63) is 78.1 Å². The van der Waals surface area contributed by atoms with E-state index in [2.05, 4.69) is 15.0 Å². The van der Waals surface area contributed by atoms with Crippen molar-refractivity contribution in [2.45, 2.75) is 4.90 Å². The van der Waals surface area contributed by atoms with Gasteiger partial charge >= 0.3 is 5.97 Å². The molecule has 3 aromatic rings. The molecular weight excluding hydrogens is 410 g/mol. The average Bonchev–Trinajstić information content (AvgIpc) is 2.75. The second-order valence-electron chi connectivity index (χ2n) is 6.05. The summed E-state index contributed by atoms with van der Waals surface area (Å²) < 4.78 is 32.8. The van der Waals surface area contributed by atoms with E-state index in [0.29, 0.717) is 11.3 Å². The molecule has 2 aromatic carbocycles. The third kappa shape index (κ3) is 4.73. The zero-order chi connectivity index (χ0) is 21.7. The van der Waals surface area contributed by atoms with E-state index in [1.54, 1.807) is 18.3 Å². The van der Waals surface area contributed by atoms with Crippen molar-refractivity contribution >= 4 is 33.3 Å². The van der Waals surface area contributed by atoms with Crippen molar-refractivity contribution in [1.82, 2.24) is 4.98 Å². The minimum atomic E-state index is -3.95. The van der Waals surface area contributed by atoms with Gasteiger partial charge in [0.1, 0.15) is 5.75 Å². The number of benzene rings is 2. The molecule has 0 saturated heterocycles. The molecule has 0 aliphatic heterocycles. The van der Waals surface area contributed by atoms with Crippen molar-refractivity contribution in [3.63, 3.8) is 0 Å². The Morgan fingerprint density at radius 3 is 2.37 bits per heavy atom. The third-order valence-corrected chi connectivity index (χ3v) is 5.43. The maximum Gasteiger partial charge on any atom is 0.335 e. The summed E-state index contributed by atoms with van der Waals surface area (Å²) in [6, 6.07) is 12.4. The largest absolute Gasteiger partial charge is 0.494 e. The van der Waals surface area contributed by atoms with Crippen molar-refractivity contribution < 1.29 is 27.9 Å². The highest BCUT2D eigenvalue weighted by Crippen LogP contribution is 2.29. The van der Waals surface area contributed by atoms with E-state index >= 15 is 0 Å². The number of anilines is 2. The number of aromatic nitrogens is 1. The lowest BCUT2D eigenvalue weighted by molar-refractivity contribution is 0.0696. The molecule has 154 valence electrons. The molecule has 0 unspecified atom stereocenters. The summed E-state index contributed by atoms with van der Waals surface area (Å²) in [4.78, 5) is 27.0. The van der Waals surface area contributed by atoms with E-state index in [1.165, 1.54) is 55.8 Å². The Morgan fingerprint density at radius 2 is 1.77 bits per heavy atom. The number of aromatic carboxylic acids is 1. The minimum Gasteiger partial charge on any atom is -0.494 e. The Labute approximate surface area is 172 Å². The monoisotopic (exact) mass is 427 g/mol. The number of carbonyl (C=O) groups is 2. The number of carboxylic acid groups (broad SMARTS) is 1. The van der Waals surface area contributed by atoms with Crippen LogP contribution >= 0.6 is 0 Å². The molecule has 3 rings (SSSR count). The first-order valence-electron chi connectivity index (χ1n) is 8.56. The number of carboxylic acids is 1. The number of rotatable bonds is 7. The molecular formula is C20H17N3O6S. The van der Waals surface area contributed by atoms with Gasteiger partial charge in [-0.2, -0.15) is 0 Å². The van der Waals surface area contributed by atoms with Crippen LogP contribution in [0.2, 0.25) is 0 Å². The molecule has 1 heterocycles. The van der Waals surface area contributed by atoms with Crippen LogP contribution in [0.3, 0.4) is 0 Å². The van der Waals surface area contributed by atoms with Gasteiger partial charge in [-0.15, -0.1) is 0 Å². The van der Waals surface area contributed by atoms with E-state index < -0.39 is 21.9 Å². The van der Waals surface area contributed by atoms with Crippen molar-refractivity contribution in [2.24, 2.45) is 0 Å². The van der Waals surface area contributed by atoms with E-state index in [-0.39, 0.29) is 21.9 Å². The first-order chi connectivity index (χ1) is 14.3. The number of hydrogen-bond acceptors (Lipinski definition) is 6. The third-order valence-electron chi connectivity index (χ3n) is 4.04. The zero-order valence-electron chi connectivity index (χ0n) is 15.7. The summed E-state index contributed by atoms with van der Waals surface area (Å²) in [5.74, 6) is -1.30. The molecule has 1 amide bonds. The number of amides is 1. The van der Waals surface area contributed by atoms with Gasteiger partial charge in [-0.05, 0) is 48.5 Å². The Kier molecular flexibility index (Phi) is 5.98. The molecule has 10 heteroatoms. The van der Waals surface area contributed by atoms with E-state index in [1.807, 2.05) is 0 Å². The Balaban J connectivity index is 1.80. The van der Waals surface area contributed by atoms with Crippen molar-refractivity contribution in [2.75, 3.05) is 17.1 Å². The van der Waals surface area contributed by atoms with Crippen molar-refractivity contribution in [3.8, 4) is 5.75 Å². The van der Waals surface area contributed by atoms with Crippen LogP contribution in [-0.2, 0) is 10.0 Å². The fourth-order valence-corrected chi connectivity index (χ4v) is 3.59. The summed E-state index contributed by atoms with van der Waals surface area (Å²) in [5, 5.41) is 11.6. The van der Waals surface area contributed by atoms with Crippen LogP contribution < -0.4 is 14.8 Å². The molecule has 0 aliphatic carbocycles. The van der Waals surface area contributed by atoms with E-state index in [0.717, 1.165) is 0 Å². The number of carbonyl (C=O) groups excluding carboxylic acids is 1. The Hall–Kier alpha value is -3.92.